The number of hydrogen-bond acceptors (Lipinski definition) is 3. The lowest BCUT2D eigenvalue weighted by atomic mass is 9.87. The number of fused-ring (bicyclic) bond motifs is 1. The number of amides is 1. The van der Waals surface area contributed by atoms with Gasteiger partial charge < -0.3 is 9.47 Å². The van der Waals surface area contributed by atoms with Crippen LogP contribution in [0.1, 0.15) is 29.3 Å². The summed E-state index contributed by atoms with van der Waals surface area (Å²) in [5, 5.41) is 9.05. The number of carbonyl (C=O) groups excluding carboxylic acids is 1. The normalized spacial score (nSPS) is 18.4. The van der Waals surface area contributed by atoms with Crippen LogP contribution < -0.4 is 0 Å². The van der Waals surface area contributed by atoms with Gasteiger partial charge >= 0.3 is 0 Å². The van der Waals surface area contributed by atoms with E-state index in [4.69, 9.17) is 5.26 Å². The van der Waals surface area contributed by atoms with Crippen LogP contribution >= 0.6 is 12.4 Å². The molecule has 1 aliphatic rings. The Labute approximate surface area is 164 Å². The van der Waals surface area contributed by atoms with E-state index in [1.54, 1.807) is 18.5 Å². The standard InChI is InChI=1S/C21H18N4O.ClH/c1-21(18-9-7-16(11-22)8-10-18)20(26)24(13-17-5-3-2-4-6-17)14-19-12-23-15-25(19)21;/h2-10,12,15H,13-14H2,1H3;1H. The molecule has 0 saturated heterocycles. The molecule has 6 heteroatoms. The molecule has 0 radical (unpaired) electrons. The van der Waals surface area contributed by atoms with Crippen molar-refractivity contribution in [1.29, 1.82) is 5.26 Å². The van der Waals surface area contributed by atoms with E-state index in [0.29, 0.717) is 18.7 Å². The monoisotopic (exact) mass is 378 g/mol. The van der Waals surface area contributed by atoms with Crippen molar-refractivity contribution in [2.75, 3.05) is 0 Å². The Kier molecular flexibility index (Phi) is 5.02. The van der Waals surface area contributed by atoms with E-state index < -0.39 is 5.54 Å². The highest BCUT2D eigenvalue weighted by Gasteiger charge is 2.44. The van der Waals surface area contributed by atoms with Crippen LogP contribution in [0.5, 0.6) is 0 Å². The van der Waals surface area contributed by atoms with Crippen molar-refractivity contribution in [2.45, 2.75) is 25.6 Å². The molecule has 2 aromatic carbocycles. The second kappa shape index (κ2) is 7.26. The number of hydrogen-bond donors (Lipinski definition) is 0. The lowest BCUT2D eigenvalue weighted by Crippen LogP contribution is -2.53. The molecular weight excluding hydrogens is 360 g/mol. The zero-order chi connectivity index (χ0) is 18.1. The minimum absolute atomic E-state index is 0. The molecule has 1 aromatic heterocycles. The molecule has 1 amide bonds. The molecule has 136 valence electrons. The molecule has 0 N–H and O–H groups in total. The van der Waals surface area contributed by atoms with Crippen LogP contribution in [-0.4, -0.2) is 20.4 Å². The van der Waals surface area contributed by atoms with Crippen molar-refractivity contribution >= 4 is 18.3 Å². The van der Waals surface area contributed by atoms with Crippen molar-refractivity contribution in [3.63, 3.8) is 0 Å². The van der Waals surface area contributed by atoms with Gasteiger partial charge in [-0.25, -0.2) is 4.98 Å². The lowest BCUT2D eigenvalue weighted by molar-refractivity contribution is -0.141. The van der Waals surface area contributed by atoms with Crippen molar-refractivity contribution in [1.82, 2.24) is 14.5 Å². The van der Waals surface area contributed by atoms with E-state index in [9.17, 15) is 4.79 Å². The highest BCUT2D eigenvalue weighted by molar-refractivity contribution is 5.89. The summed E-state index contributed by atoms with van der Waals surface area (Å²) in [7, 11) is 0. The van der Waals surface area contributed by atoms with Crippen LogP contribution in [0, 0.1) is 11.3 Å². The number of carbonyl (C=O) groups is 1. The van der Waals surface area contributed by atoms with Crippen LogP contribution in [0.25, 0.3) is 0 Å². The first-order chi connectivity index (χ1) is 12.6. The molecule has 5 nitrogen and oxygen atoms in total. The van der Waals surface area contributed by atoms with Crippen LogP contribution in [0.3, 0.4) is 0 Å². The highest BCUT2D eigenvalue weighted by atomic mass is 35.5. The van der Waals surface area contributed by atoms with Gasteiger partial charge in [-0.2, -0.15) is 5.26 Å². The summed E-state index contributed by atoms with van der Waals surface area (Å²) >= 11 is 0. The number of halogens is 1. The summed E-state index contributed by atoms with van der Waals surface area (Å²) in [6.45, 7) is 3.00. The average Bonchev–Trinajstić information content (AvgIpc) is 3.16. The largest absolute Gasteiger partial charge is 0.330 e. The van der Waals surface area contributed by atoms with E-state index in [-0.39, 0.29) is 18.3 Å². The summed E-state index contributed by atoms with van der Waals surface area (Å²) in [5.41, 5.74) is 2.63. The first-order valence-corrected chi connectivity index (χ1v) is 8.48. The van der Waals surface area contributed by atoms with Gasteiger partial charge in [0.05, 0.1) is 30.2 Å². The number of nitriles is 1. The SMILES string of the molecule is CC1(c2ccc(C#N)cc2)C(=O)N(Cc2ccccc2)Cc2cncn21.Cl. The fraction of sp³-hybridized carbons (Fsp3) is 0.190. The number of rotatable bonds is 3. The fourth-order valence-corrected chi connectivity index (χ4v) is 3.58. The van der Waals surface area contributed by atoms with Gasteiger partial charge in [0, 0.05) is 12.7 Å². The molecular formula is C21H19ClN4O. The molecule has 2 heterocycles. The van der Waals surface area contributed by atoms with E-state index in [2.05, 4.69) is 11.1 Å². The molecule has 0 fully saturated rings. The second-order valence-corrected chi connectivity index (χ2v) is 6.66. The third-order valence-corrected chi connectivity index (χ3v) is 5.05. The number of aromatic nitrogens is 2. The van der Waals surface area contributed by atoms with E-state index >= 15 is 0 Å². The molecule has 3 aromatic rings. The van der Waals surface area contributed by atoms with Gasteiger partial charge in [-0.1, -0.05) is 42.5 Å². The molecule has 0 spiro atoms. The Bertz CT molecular complexity index is 991. The van der Waals surface area contributed by atoms with Crippen LogP contribution in [0.15, 0.2) is 67.1 Å². The van der Waals surface area contributed by atoms with E-state index in [1.165, 1.54) is 0 Å². The van der Waals surface area contributed by atoms with Crippen molar-refractivity contribution in [3.05, 3.63) is 89.5 Å². The molecule has 0 bridgehead atoms. The quantitative estimate of drug-likeness (QED) is 0.701. The van der Waals surface area contributed by atoms with Gasteiger partial charge in [0.15, 0.2) is 0 Å². The van der Waals surface area contributed by atoms with Crippen molar-refractivity contribution in [3.8, 4) is 6.07 Å². The Morgan fingerprint density at radius 2 is 1.85 bits per heavy atom. The predicted octanol–water partition coefficient (Wildman–Crippen LogP) is 3.48. The Balaban J connectivity index is 0.00000210. The zero-order valence-electron chi connectivity index (χ0n) is 14.9. The minimum Gasteiger partial charge on any atom is -0.330 e. The minimum atomic E-state index is -0.882. The Morgan fingerprint density at radius 1 is 1.15 bits per heavy atom. The maximum atomic E-state index is 13.5. The Hall–Kier alpha value is -3.10. The maximum absolute atomic E-state index is 13.5. The lowest BCUT2D eigenvalue weighted by Gasteiger charge is -2.41. The van der Waals surface area contributed by atoms with Gasteiger partial charge in [0.1, 0.15) is 5.54 Å². The molecule has 27 heavy (non-hydrogen) atoms. The van der Waals surface area contributed by atoms with Crippen LogP contribution in [0.4, 0.5) is 0 Å². The van der Waals surface area contributed by atoms with E-state index in [0.717, 1.165) is 16.8 Å². The first-order valence-electron chi connectivity index (χ1n) is 8.48. The molecule has 1 aliphatic heterocycles. The zero-order valence-corrected chi connectivity index (χ0v) is 15.7. The average molecular weight is 379 g/mol. The van der Waals surface area contributed by atoms with Gasteiger partial charge in [0.25, 0.3) is 5.91 Å². The summed E-state index contributed by atoms with van der Waals surface area (Å²) in [6, 6.07) is 19.3. The van der Waals surface area contributed by atoms with Crippen LogP contribution in [0.2, 0.25) is 0 Å². The highest BCUT2D eigenvalue weighted by Crippen LogP contribution is 2.35. The van der Waals surface area contributed by atoms with Crippen molar-refractivity contribution < 1.29 is 4.79 Å². The van der Waals surface area contributed by atoms with E-state index in [1.807, 2.05) is 65.1 Å². The maximum Gasteiger partial charge on any atom is 0.253 e. The summed E-state index contributed by atoms with van der Waals surface area (Å²) < 4.78 is 1.94. The van der Waals surface area contributed by atoms with Gasteiger partial charge in [-0.05, 0) is 30.2 Å². The Morgan fingerprint density at radius 3 is 2.52 bits per heavy atom. The number of nitrogens with zero attached hydrogens (tertiary/aromatic N) is 4. The smallest absolute Gasteiger partial charge is 0.253 e. The molecule has 1 unspecified atom stereocenters. The molecule has 1 atom stereocenters. The van der Waals surface area contributed by atoms with Crippen molar-refractivity contribution in [2.24, 2.45) is 0 Å². The fourth-order valence-electron chi connectivity index (χ4n) is 3.58. The summed E-state index contributed by atoms with van der Waals surface area (Å²) in [6.07, 6.45) is 3.53. The molecule has 0 saturated carbocycles. The predicted molar refractivity (Wildman–Crippen MR) is 104 cm³/mol. The number of benzene rings is 2. The summed E-state index contributed by atoms with van der Waals surface area (Å²) in [5.74, 6) is 0.0246. The van der Waals surface area contributed by atoms with Gasteiger partial charge in [0.2, 0.25) is 0 Å². The van der Waals surface area contributed by atoms with Gasteiger partial charge in [-0.3, -0.25) is 4.79 Å². The third-order valence-electron chi connectivity index (χ3n) is 5.05. The molecule has 0 aliphatic carbocycles. The molecule has 4 rings (SSSR count). The number of imidazole rings is 1. The third kappa shape index (κ3) is 3.09. The van der Waals surface area contributed by atoms with Crippen LogP contribution in [-0.2, 0) is 23.4 Å². The van der Waals surface area contributed by atoms with Gasteiger partial charge in [-0.15, -0.1) is 12.4 Å². The first kappa shape index (κ1) is 18.7. The second-order valence-electron chi connectivity index (χ2n) is 6.66. The topological polar surface area (TPSA) is 61.9 Å². The summed E-state index contributed by atoms with van der Waals surface area (Å²) in [4.78, 5) is 19.6.